The molecule has 1 aliphatic rings. The van der Waals surface area contributed by atoms with Crippen molar-refractivity contribution in [2.24, 2.45) is 11.3 Å². The van der Waals surface area contributed by atoms with Crippen LogP contribution in [0.15, 0.2) is 24.3 Å². The van der Waals surface area contributed by atoms with Gasteiger partial charge in [0, 0.05) is 11.4 Å². The minimum absolute atomic E-state index is 0.227. The number of aliphatic hydroxyl groups is 1. The van der Waals surface area contributed by atoms with Gasteiger partial charge in [-0.05, 0) is 48.3 Å². The number of benzene rings is 1. The molecule has 0 radical (unpaired) electrons. The van der Waals surface area contributed by atoms with Crippen LogP contribution in [-0.2, 0) is 6.42 Å². The molecule has 1 nitrogen and oxygen atoms in total. The summed E-state index contributed by atoms with van der Waals surface area (Å²) in [5, 5.41) is 11.6. The average molecular weight is 267 g/mol. The molecule has 2 heteroatoms. The molecule has 2 atom stereocenters. The van der Waals surface area contributed by atoms with Crippen LogP contribution >= 0.6 is 11.6 Å². The van der Waals surface area contributed by atoms with Crippen molar-refractivity contribution in [3.05, 3.63) is 34.9 Å². The van der Waals surface area contributed by atoms with Gasteiger partial charge in [-0.3, -0.25) is 0 Å². The molecule has 2 rings (SSSR count). The van der Waals surface area contributed by atoms with Crippen LogP contribution in [0.1, 0.15) is 45.6 Å². The van der Waals surface area contributed by atoms with Crippen molar-refractivity contribution in [2.45, 2.75) is 52.1 Å². The summed E-state index contributed by atoms with van der Waals surface area (Å²) in [6.45, 7) is 6.75. The Balaban J connectivity index is 2.16. The van der Waals surface area contributed by atoms with Gasteiger partial charge in [-0.25, -0.2) is 0 Å². The SMILES string of the molecule is CC1CC(C)(C)CC(O)(Cc2cccc(Cl)c2)C1. The second-order valence-electron chi connectivity index (χ2n) is 6.89. The van der Waals surface area contributed by atoms with Gasteiger partial charge >= 0.3 is 0 Å². The molecule has 1 N–H and O–H groups in total. The van der Waals surface area contributed by atoms with Gasteiger partial charge in [0.05, 0.1) is 5.60 Å². The van der Waals surface area contributed by atoms with Gasteiger partial charge in [0.1, 0.15) is 0 Å². The molecule has 1 aromatic rings. The average Bonchev–Trinajstić information content (AvgIpc) is 2.11. The molecule has 0 aliphatic heterocycles. The summed E-state index contributed by atoms with van der Waals surface area (Å²) in [5.74, 6) is 0.581. The Morgan fingerprint density at radius 3 is 2.67 bits per heavy atom. The van der Waals surface area contributed by atoms with Crippen LogP contribution < -0.4 is 0 Å². The Kier molecular flexibility index (Phi) is 3.75. The van der Waals surface area contributed by atoms with Crippen molar-refractivity contribution in [3.63, 3.8) is 0 Å². The zero-order valence-corrected chi connectivity index (χ0v) is 12.3. The van der Waals surface area contributed by atoms with Gasteiger partial charge in [-0.2, -0.15) is 0 Å². The summed E-state index contributed by atoms with van der Waals surface area (Å²) >= 11 is 6.01. The first kappa shape index (κ1) is 13.9. The summed E-state index contributed by atoms with van der Waals surface area (Å²) in [6, 6.07) is 7.85. The quantitative estimate of drug-likeness (QED) is 0.838. The van der Waals surface area contributed by atoms with Crippen LogP contribution in [0.5, 0.6) is 0 Å². The Morgan fingerprint density at radius 1 is 1.33 bits per heavy atom. The molecule has 1 aliphatic carbocycles. The van der Waals surface area contributed by atoms with Crippen LogP contribution in [0.25, 0.3) is 0 Å². The minimum Gasteiger partial charge on any atom is -0.390 e. The molecule has 0 amide bonds. The molecule has 0 aromatic heterocycles. The third-order valence-electron chi connectivity index (χ3n) is 3.86. The van der Waals surface area contributed by atoms with Crippen LogP contribution in [0.4, 0.5) is 0 Å². The Labute approximate surface area is 115 Å². The van der Waals surface area contributed by atoms with E-state index in [1.165, 1.54) is 6.42 Å². The van der Waals surface area contributed by atoms with E-state index in [0.717, 1.165) is 23.4 Å². The zero-order valence-electron chi connectivity index (χ0n) is 11.5. The first-order chi connectivity index (χ1) is 8.28. The molecule has 18 heavy (non-hydrogen) atoms. The molecule has 2 unspecified atom stereocenters. The van der Waals surface area contributed by atoms with E-state index >= 15 is 0 Å². The Morgan fingerprint density at radius 2 is 2.06 bits per heavy atom. The standard InChI is InChI=1S/C16H23ClO/c1-12-8-15(2,3)11-16(18,9-12)10-13-5-4-6-14(17)7-13/h4-7,12,18H,8-11H2,1-3H3. The number of hydrogen-bond donors (Lipinski definition) is 1. The molecule has 100 valence electrons. The predicted octanol–water partition coefficient (Wildman–Crippen LogP) is 4.46. The van der Waals surface area contributed by atoms with Gasteiger partial charge < -0.3 is 5.11 Å². The fourth-order valence-electron chi connectivity index (χ4n) is 3.86. The van der Waals surface area contributed by atoms with Crippen molar-refractivity contribution in [1.82, 2.24) is 0 Å². The first-order valence-electron chi connectivity index (χ1n) is 6.75. The van der Waals surface area contributed by atoms with E-state index in [9.17, 15) is 5.11 Å². The number of hydrogen-bond acceptors (Lipinski definition) is 1. The number of rotatable bonds is 2. The lowest BCUT2D eigenvalue weighted by Crippen LogP contribution is -2.43. The largest absolute Gasteiger partial charge is 0.390 e. The molecule has 0 heterocycles. The lowest BCUT2D eigenvalue weighted by molar-refractivity contribution is -0.0574. The third kappa shape index (κ3) is 3.49. The van der Waals surface area contributed by atoms with Crippen molar-refractivity contribution in [2.75, 3.05) is 0 Å². The fourth-order valence-corrected chi connectivity index (χ4v) is 4.07. The Bertz CT molecular complexity index is 427. The van der Waals surface area contributed by atoms with E-state index in [2.05, 4.69) is 26.8 Å². The molecule has 0 spiro atoms. The first-order valence-corrected chi connectivity index (χ1v) is 7.13. The third-order valence-corrected chi connectivity index (χ3v) is 4.09. The van der Waals surface area contributed by atoms with E-state index in [0.29, 0.717) is 12.3 Å². The normalized spacial score (nSPS) is 31.3. The molecule has 1 fully saturated rings. The van der Waals surface area contributed by atoms with Gasteiger partial charge in [-0.1, -0.05) is 44.5 Å². The highest BCUT2D eigenvalue weighted by molar-refractivity contribution is 6.30. The summed E-state index contributed by atoms with van der Waals surface area (Å²) in [5.41, 5.74) is 0.784. The van der Waals surface area contributed by atoms with E-state index in [-0.39, 0.29) is 5.41 Å². The van der Waals surface area contributed by atoms with Crippen molar-refractivity contribution in [1.29, 1.82) is 0 Å². The maximum atomic E-state index is 10.9. The Hall–Kier alpha value is -0.530. The molecular formula is C16H23ClO. The van der Waals surface area contributed by atoms with E-state index in [1.807, 2.05) is 18.2 Å². The fraction of sp³-hybridized carbons (Fsp3) is 0.625. The highest BCUT2D eigenvalue weighted by Crippen LogP contribution is 2.45. The van der Waals surface area contributed by atoms with Crippen molar-refractivity contribution in [3.8, 4) is 0 Å². The highest BCUT2D eigenvalue weighted by Gasteiger charge is 2.41. The summed E-state index contributed by atoms with van der Waals surface area (Å²) in [7, 11) is 0. The van der Waals surface area contributed by atoms with E-state index in [1.54, 1.807) is 0 Å². The van der Waals surface area contributed by atoms with Crippen LogP contribution in [0, 0.1) is 11.3 Å². The lowest BCUT2D eigenvalue weighted by atomic mass is 9.64. The molecule has 1 saturated carbocycles. The summed E-state index contributed by atoms with van der Waals surface area (Å²) in [4.78, 5) is 0. The van der Waals surface area contributed by atoms with Gasteiger partial charge in [0.25, 0.3) is 0 Å². The van der Waals surface area contributed by atoms with Gasteiger partial charge in [0.2, 0.25) is 0 Å². The molecule has 1 aromatic carbocycles. The smallest absolute Gasteiger partial charge is 0.0695 e. The van der Waals surface area contributed by atoms with Crippen LogP contribution in [0.2, 0.25) is 5.02 Å². The van der Waals surface area contributed by atoms with Crippen molar-refractivity contribution < 1.29 is 5.11 Å². The molecule has 0 bridgehead atoms. The number of halogens is 1. The maximum Gasteiger partial charge on any atom is 0.0695 e. The van der Waals surface area contributed by atoms with Crippen LogP contribution in [-0.4, -0.2) is 10.7 Å². The predicted molar refractivity (Wildman–Crippen MR) is 76.9 cm³/mol. The van der Waals surface area contributed by atoms with E-state index < -0.39 is 5.60 Å². The zero-order chi connectivity index (χ0) is 13.4. The second kappa shape index (κ2) is 4.86. The van der Waals surface area contributed by atoms with E-state index in [4.69, 9.17) is 11.6 Å². The van der Waals surface area contributed by atoms with Crippen LogP contribution in [0.3, 0.4) is 0 Å². The van der Waals surface area contributed by atoms with Crippen molar-refractivity contribution >= 4 is 11.6 Å². The molecular weight excluding hydrogens is 244 g/mol. The molecule has 0 saturated heterocycles. The summed E-state index contributed by atoms with van der Waals surface area (Å²) < 4.78 is 0. The monoisotopic (exact) mass is 266 g/mol. The highest BCUT2D eigenvalue weighted by atomic mass is 35.5. The topological polar surface area (TPSA) is 20.2 Å². The van der Waals surface area contributed by atoms with Gasteiger partial charge in [-0.15, -0.1) is 0 Å². The maximum absolute atomic E-state index is 10.9. The minimum atomic E-state index is -0.578. The van der Waals surface area contributed by atoms with Gasteiger partial charge in [0.15, 0.2) is 0 Å². The second-order valence-corrected chi connectivity index (χ2v) is 7.32. The lowest BCUT2D eigenvalue weighted by Gasteiger charge is -2.44. The summed E-state index contributed by atoms with van der Waals surface area (Å²) in [6.07, 6.45) is 3.67.